The van der Waals surface area contributed by atoms with Gasteiger partial charge in [-0.25, -0.2) is 0 Å². The number of hydrogen-bond donors (Lipinski definition) is 1. The SMILES string of the molecule is Cc1ccoc1C(=O)N1C[C@@H](CN)[C@H](c2ccccc2)C1. The molecule has 2 N–H and O–H groups in total. The quantitative estimate of drug-likeness (QED) is 0.941. The minimum Gasteiger partial charge on any atom is -0.459 e. The number of hydrogen-bond acceptors (Lipinski definition) is 3. The average molecular weight is 284 g/mol. The summed E-state index contributed by atoms with van der Waals surface area (Å²) in [5.41, 5.74) is 8.04. The molecule has 0 unspecified atom stereocenters. The van der Waals surface area contributed by atoms with Crippen LogP contribution >= 0.6 is 0 Å². The first-order valence-corrected chi connectivity index (χ1v) is 7.29. The fourth-order valence-corrected chi connectivity index (χ4v) is 3.09. The molecule has 0 saturated carbocycles. The Bertz CT molecular complexity index is 621. The Kier molecular flexibility index (Phi) is 3.80. The number of nitrogens with zero attached hydrogens (tertiary/aromatic N) is 1. The summed E-state index contributed by atoms with van der Waals surface area (Å²) >= 11 is 0. The third kappa shape index (κ3) is 2.59. The third-order valence-corrected chi connectivity index (χ3v) is 4.32. The van der Waals surface area contributed by atoms with Crippen LogP contribution in [0.15, 0.2) is 47.1 Å². The molecule has 1 amide bonds. The Morgan fingerprint density at radius 2 is 2.05 bits per heavy atom. The Labute approximate surface area is 124 Å². The number of benzene rings is 1. The standard InChI is InChI=1S/C17H20N2O2/c1-12-7-8-21-16(12)17(20)19-10-14(9-18)15(11-19)13-5-3-2-4-6-13/h2-8,14-15H,9-11,18H2,1H3/t14-,15+/m1/s1. The lowest BCUT2D eigenvalue weighted by Crippen LogP contribution is -2.30. The van der Waals surface area contributed by atoms with Crippen LogP contribution in [0, 0.1) is 12.8 Å². The van der Waals surface area contributed by atoms with E-state index in [0.717, 1.165) is 5.56 Å². The summed E-state index contributed by atoms with van der Waals surface area (Å²) in [6.45, 7) is 3.86. The van der Waals surface area contributed by atoms with Gasteiger partial charge in [-0.15, -0.1) is 0 Å². The fraction of sp³-hybridized carbons (Fsp3) is 0.353. The van der Waals surface area contributed by atoms with Crippen molar-refractivity contribution in [1.29, 1.82) is 0 Å². The first-order chi connectivity index (χ1) is 10.2. The number of carbonyl (C=O) groups is 1. The maximum Gasteiger partial charge on any atom is 0.289 e. The second-order valence-electron chi connectivity index (χ2n) is 5.66. The molecule has 1 aromatic heterocycles. The summed E-state index contributed by atoms with van der Waals surface area (Å²) in [5.74, 6) is 1.01. The lowest BCUT2D eigenvalue weighted by Gasteiger charge is -2.16. The second-order valence-corrected chi connectivity index (χ2v) is 5.66. The van der Waals surface area contributed by atoms with Gasteiger partial charge in [0, 0.05) is 24.6 Å². The van der Waals surface area contributed by atoms with Gasteiger partial charge >= 0.3 is 0 Å². The van der Waals surface area contributed by atoms with E-state index in [-0.39, 0.29) is 5.91 Å². The van der Waals surface area contributed by atoms with E-state index < -0.39 is 0 Å². The van der Waals surface area contributed by atoms with Crippen molar-refractivity contribution in [3.63, 3.8) is 0 Å². The van der Waals surface area contributed by atoms with Crippen molar-refractivity contribution in [2.24, 2.45) is 11.7 Å². The van der Waals surface area contributed by atoms with Crippen LogP contribution in [-0.2, 0) is 0 Å². The van der Waals surface area contributed by atoms with Crippen molar-refractivity contribution >= 4 is 5.91 Å². The maximum atomic E-state index is 12.6. The number of carbonyl (C=O) groups excluding carboxylic acids is 1. The van der Waals surface area contributed by atoms with Crippen LogP contribution < -0.4 is 5.73 Å². The van der Waals surface area contributed by atoms with Gasteiger partial charge in [0.2, 0.25) is 0 Å². The number of amides is 1. The van der Waals surface area contributed by atoms with E-state index in [1.165, 1.54) is 5.56 Å². The van der Waals surface area contributed by atoms with Crippen LogP contribution in [0.25, 0.3) is 0 Å². The van der Waals surface area contributed by atoms with Gasteiger partial charge in [-0.05, 0) is 31.0 Å². The van der Waals surface area contributed by atoms with Crippen LogP contribution in [-0.4, -0.2) is 30.4 Å². The molecule has 2 aromatic rings. The second kappa shape index (κ2) is 5.74. The summed E-state index contributed by atoms with van der Waals surface area (Å²) in [5, 5.41) is 0. The predicted octanol–water partition coefficient (Wildman–Crippen LogP) is 2.40. The first-order valence-electron chi connectivity index (χ1n) is 7.29. The molecule has 1 aromatic carbocycles. The lowest BCUT2D eigenvalue weighted by atomic mass is 9.89. The Morgan fingerprint density at radius 1 is 1.29 bits per heavy atom. The first kappa shape index (κ1) is 13.9. The molecule has 2 atom stereocenters. The molecule has 0 bridgehead atoms. The Morgan fingerprint density at radius 3 is 2.67 bits per heavy atom. The normalized spacial score (nSPS) is 21.7. The number of nitrogens with two attached hydrogens (primary N) is 1. The van der Waals surface area contributed by atoms with Gasteiger partial charge in [-0.1, -0.05) is 30.3 Å². The van der Waals surface area contributed by atoms with Crippen molar-refractivity contribution in [2.45, 2.75) is 12.8 Å². The third-order valence-electron chi connectivity index (χ3n) is 4.32. The highest BCUT2D eigenvalue weighted by atomic mass is 16.3. The van der Waals surface area contributed by atoms with Crippen molar-refractivity contribution in [3.8, 4) is 0 Å². The average Bonchev–Trinajstić information content (AvgIpc) is 3.13. The molecule has 2 heterocycles. The molecule has 0 radical (unpaired) electrons. The largest absolute Gasteiger partial charge is 0.459 e. The Hall–Kier alpha value is -2.07. The Balaban J connectivity index is 1.81. The zero-order chi connectivity index (χ0) is 14.8. The van der Waals surface area contributed by atoms with E-state index in [4.69, 9.17) is 10.2 Å². The van der Waals surface area contributed by atoms with E-state index in [2.05, 4.69) is 12.1 Å². The lowest BCUT2D eigenvalue weighted by molar-refractivity contribution is 0.0754. The van der Waals surface area contributed by atoms with Gasteiger partial charge in [0.15, 0.2) is 5.76 Å². The molecule has 4 nitrogen and oxygen atoms in total. The van der Waals surface area contributed by atoms with E-state index in [1.807, 2.05) is 36.1 Å². The summed E-state index contributed by atoms with van der Waals surface area (Å²) in [4.78, 5) is 14.4. The van der Waals surface area contributed by atoms with Crippen LogP contribution in [0.2, 0.25) is 0 Å². The predicted molar refractivity (Wildman–Crippen MR) is 81.1 cm³/mol. The summed E-state index contributed by atoms with van der Waals surface area (Å²) < 4.78 is 5.33. The molecule has 0 spiro atoms. The van der Waals surface area contributed by atoms with Gasteiger partial charge in [0.05, 0.1) is 6.26 Å². The van der Waals surface area contributed by atoms with Gasteiger partial charge in [0.1, 0.15) is 0 Å². The summed E-state index contributed by atoms with van der Waals surface area (Å²) in [7, 11) is 0. The maximum absolute atomic E-state index is 12.6. The van der Waals surface area contributed by atoms with Crippen LogP contribution in [0.3, 0.4) is 0 Å². The number of rotatable bonds is 3. The van der Waals surface area contributed by atoms with Crippen molar-refractivity contribution < 1.29 is 9.21 Å². The zero-order valence-corrected chi connectivity index (χ0v) is 12.2. The van der Waals surface area contributed by atoms with Crippen LogP contribution in [0.1, 0.15) is 27.6 Å². The highest BCUT2D eigenvalue weighted by molar-refractivity contribution is 5.93. The highest BCUT2D eigenvalue weighted by Gasteiger charge is 2.36. The fourth-order valence-electron chi connectivity index (χ4n) is 3.09. The van der Waals surface area contributed by atoms with E-state index in [9.17, 15) is 4.79 Å². The van der Waals surface area contributed by atoms with Crippen molar-refractivity contribution in [2.75, 3.05) is 19.6 Å². The minimum absolute atomic E-state index is 0.0330. The van der Waals surface area contributed by atoms with Crippen molar-refractivity contribution in [3.05, 3.63) is 59.5 Å². The van der Waals surface area contributed by atoms with Crippen molar-refractivity contribution in [1.82, 2.24) is 4.90 Å². The van der Waals surface area contributed by atoms with Gasteiger partial charge in [-0.3, -0.25) is 4.79 Å². The molecule has 1 saturated heterocycles. The van der Waals surface area contributed by atoms with E-state index in [0.29, 0.717) is 37.2 Å². The smallest absolute Gasteiger partial charge is 0.289 e. The molecule has 3 rings (SSSR count). The molecule has 1 aliphatic heterocycles. The number of furan rings is 1. The molecule has 1 aliphatic rings. The van der Waals surface area contributed by atoms with E-state index >= 15 is 0 Å². The molecule has 21 heavy (non-hydrogen) atoms. The molecular weight excluding hydrogens is 264 g/mol. The number of likely N-dealkylation sites (tertiary alicyclic amines) is 1. The van der Waals surface area contributed by atoms with Crippen LogP contribution in [0.5, 0.6) is 0 Å². The topological polar surface area (TPSA) is 59.5 Å². The van der Waals surface area contributed by atoms with Crippen LogP contribution in [0.4, 0.5) is 0 Å². The van der Waals surface area contributed by atoms with Gasteiger partial charge in [0.25, 0.3) is 5.91 Å². The molecule has 1 fully saturated rings. The number of aryl methyl sites for hydroxylation is 1. The monoisotopic (exact) mass is 284 g/mol. The highest BCUT2D eigenvalue weighted by Crippen LogP contribution is 2.33. The zero-order valence-electron chi connectivity index (χ0n) is 12.2. The molecule has 110 valence electrons. The molecule has 4 heteroatoms. The summed E-state index contributed by atoms with van der Waals surface area (Å²) in [6, 6.07) is 12.1. The summed E-state index contributed by atoms with van der Waals surface area (Å²) in [6.07, 6.45) is 1.56. The molecule has 0 aliphatic carbocycles. The van der Waals surface area contributed by atoms with Gasteiger partial charge in [-0.2, -0.15) is 0 Å². The van der Waals surface area contributed by atoms with Gasteiger partial charge < -0.3 is 15.1 Å². The van der Waals surface area contributed by atoms with E-state index in [1.54, 1.807) is 6.26 Å². The minimum atomic E-state index is -0.0330. The molecular formula is C17H20N2O2.